The minimum absolute atomic E-state index is 0.0779. The van der Waals surface area contributed by atoms with Crippen LogP contribution in [0.5, 0.6) is 0 Å². The molecule has 3 aromatic rings. The highest BCUT2D eigenvalue weighted by molar-refractivity contribution is 6.34. The number of nitrogens with zero attached hydrogens (tertiary/aromatic N) is 3. The van der Waals surface area contributed by atoms with Gasteiger partial charge >= 0.3 is 6.03 Å². The van der Waals surface area contributed by atoms with Crippen molar-refractivity contribution in [2.45, 2.75) is 6.54 Å². The van der Waals surface area contributed by atoms with E-state index in [0.29, 0.717) is 12.2 Å². The molecule has 0 atom stereocenters. The minimum atomic E-state index is -0.559. The zero-order valence-corrected chi connectivity index (χ0v) is 14.2. The van der Waals surface area contributed by atoms with Crippen molar-refractivity contribution >= 4 is 34.7 Å². The smallest absolute Gasteiger partial charge is 0.306 e. The number of carbonyl (C=O) groups excluding carboxylic acids is 1. The van der Waals surface area contributed by atoms with Gasteiger partial charge in [0.15, 0.2) is 0 Å². The number of carbonyl (C=O) groups is 1. The Labute approximate surface area is 153 Å². The van der Waals surface area contributed by atoms with Crippen molar-refractivity contribution in [3.05, 3.63) is 81.6 Å². The summed E-state index contributed by atoms with van der Waals surface area (Å²) in [5.74, 6) is 0. The fourth-order valence-corrected chi connectivity index (χ4v) is 2.51. The van der Waals surface area contributed by atoms with Crippen LogP contribution in [0.15, 0.2) is 60.9 Å². The fourth-order valence-electron chi connectivity index (χ4n) is 2.29. The lowest BCUT2D eigenvalue weighted by atomic mass is 10.2. The third-order valence-electron chi connectivity index (χ3n) is 3.49. The molecule has 0 aliphatic carbocycles. The van der Waals surface area contributed by atoms with Crippen LogP contribution in [-0.2, 0) is 6.54 Å². The largest absolute Gasteiger partial charge is 0.323 e. The monoisotopic (exact) mass is 371 g/mol. The van der Waals surface area contributed by atoms with Gasteiger partial charge in [0.2, 0.25) is 0 Å². The molecular formula is C17H14ClN5O3. The van der Waals surface area contributed by atoms with E-state index in [2.05, 4.69) is 15.7 Å². The maximum absolute atomic E-state index is 12.1. The van der Waals surface area contributed by atoms with Gasteiger partial charge in [-0.05, 0) is 11.6 Å². The summed E-state index contributed by atoms with van der Waals surface area (Å²) in [4.78, 5) is 22.2. The Morgan fingerprint density at radius 3 is 2.65 bits per heavy atom. The van der Waals surface area contributed by atoms with Crippen LogP contribution in [0.3, 0.4) is 0 Å². The summed E-state index contributed by atoms with van der Waals surface area (Å²) in [6.07, 6.45) is 3.23. The van der Waals surface area contributed by atoms with Crippen molar-refractivity contribution in [2.24, 2.45) is 0 Å². The first-order valence-corrected chi connectivity index (χ1v) is 7.97. The van der Waals surface area contributed by atoms with Gasteiger partial charge in [-0.15, -0.1) is 0 Å². The highest BCUT2D eigenvalue weighted by Gasteiger charge is 2.12. The van der Waals surface area contributed by atoms with Crippen molar-refractivity contribution < 1.29 is 9.72 Å². The Balaban J connectivity index is 1.61. The van der Waals surface area contributed by atoms with Crippen LogP contribution in [-0.4, -0.2) is 20.7 Å². The number of hydrogen-bond donors (Lipinski definition) is 2. The summed E-state index contributed by atoms with van der Waals surface area (Å²) in [5, 5.41) is 20.1. The average molecular weight is 372 g/mol. The molecule has 132 valence electrons. The third-order valence-corrected chi connectivity index (χ3v) is 3.80. The molecule has 2 aromatic carbocycles. The molecule has 3 rings (SSSR count). The predicted octanol–water partition coefficient (Wildman–Crippen LogP) is 4.14. The number of non-ortho nitro benzene ring substituents is 1. The highest BCUT2D eigenvalue weighted by Crippen LogP contribution is 2.26. The van der Waals surface area contributed by atoms with Crippen LogP contribution < -0.4 is 10.6 Å². The van der Waals surface area contributed by atoms with E-state index in [9.17, 15) is 14.9 Å². The van der Waals surface area contributed by atoms with Crippen LogP contribution in [0.1, 0.15) is 5.56 Å². The Morgan fingerprint density at radius 1 is 1.19 bits per heavy atom. The van der Waals surface area contributed by atoms with Crippen LogP contribution in [0.2, 0.25) is 5.02 Å². The van der Waals surface area contributed by atoms with Crippen molar-refractivity contribution in [1.82, 2.24) is 9.78 Å². The molecule has 1 aromatic heterocycles. The first-order chi connectivity index (χ1) is 12.5. The van der Waals surface area contributed by atoms with Gasteiger partial charge in [-0.1, -0.05) is 41.9 Å². The van der Waals surface area contributed by atoms with E-state index in [0.717, 1.165) is 5.56 Å². The van der Waals surface area contributed by atoms with Crippen molar-refractivity contribution in [3.8, 4) is 0 Å². The Bertz CT molecular complexity index is 943. The van der Waals surface area contributed by atoms with E-state index in [1.165, 1.54) is 24.4 Å². The maximum atomic E-state index is 12.1. The third kappa shape index (κ3) is 4.37. The molecule has 26 heavy (non-hydrogen) atoms. The lowest BCUT2D eigenvalue weighted by Gasteiger charge is -2.07. The summed E-state index contributed by atoms with van der Waals surface area (Å²) in [7, 11) is 0. The molecule has 0 bridgehead atoms. The van der Waals surface area contributed by atoms with E-state index in [4.69, 9.17) is 11.6 Å². The van der Waals surface area contributed by atoms with Crippen molar-refractivity contribution in [3.63, 3.8) is 0 Å². The second-order valence-electron chi connectivity index (χ2n) is 5.41. The molecule has 2 N–H and O–H groups in total. The number of nitro benzene ring substituents is 1. The number of halogens is 1. The lowest BCUT2D eigenvalue weighted by Crippen LogP contribution is -2.19. The van der Waals surface area contributed by atoms with Crippen LogP contribution in [0, 0.1) is 10.1 Å². The van der Waals surface area contributed by atoms with Crippen LogP contribution >= 0.6 is 11.6 Å². The van der Waals surface area contributed by atoms with Gasteiger partial charge in [0.25, 0.3) is 5.69 Å². The molecule has 9 heteroatoms. The first-order valence-electron chi connectivity index (χ1n) is 7.59. The highest BCUT2D eigenvalue weighted by atomic mass is 35.5. The number of hydrogen-bond acceptors (Lipinski definition) is 4. The van der Waals surface area contributed by atoms with Crippen LogP contribution in [0.25, 0.3) is 0 Å². The Kier molecular flexibility index (Phi) is 5.14. The zero-order chi connectivity index (χ0) is 18.5. The number of nitro groups is 1. The van der Waals surface area contributed by atoms with Crippen molar-refractivity contribution in [1.29, 1.82) is 0 Å². The quantitative estimate of drug-likeness (QED) is 0.519. The standard InChI is InChI=1S/C17H14ClN5O3/c18-15-8-14(23(25)26)6-7-16(15)21-17(24)20-13-9-19-22(11-13)10-12-4-2-1-3-5-12/h1-9,11H,10H2,(H2,20,21,24). The van der Waals surface area contributed by atoms with Gasteiger partial charge in [0, 0.05) is 18.3 Å². The Hall–Kier alpha value is -3.39. The Morgan fingerprint density at radius 2 is 1.96 bits per heavy atom. The van der Waals surface area contributed by atoms with E-state index >= 15 is 0 Å². The number of amides is 2. The summed E-state index contributed by atoms with van der Waals surface area (Å²) in [6.45, 7) is 0.582. The predicted molar refractivity (Wildman–Crippen MR) is 98.5 cm³/mol. The molecule has 0 aliphatic heterocycles. The molecule has 0 saturated carbocycles. The molecule has 0 spiro atoms. The SMILES string of the molecule is O=C(Nc1cnn(Cc2ccccc2)c1)Nc1ccc([N+](=O)[O-])cc1Cl. The molecule has 0 radical (unpaired) electrons. The molecule has 0 aliphatic rings. The van der Waals surface area contributed by atoms with Gasteiger partial charge in [-0.3, -0.25) is 14.8 Å². The number of anilines is 2. The normalized spacial score (nSPS) is 10.3. The number of aromatic nitrogens is 2. The van der Waals surface area contributed by atoms with E-state index in [1.807, 2.05) is 30.3 Å². The summed E-state index contributed by atoms with van der Waals surface area (Å²) in [6, 6.07) is 13.1. The number of benzene rings is 2. The lowest BCUT2D eigenvalue weighted by molar-refractivity contribution is -0.384. The first kappa shape index (κ1) is 17.4. The maximum Gasteiger partial charge on any atom is 0.323 e. The summed E-state index contributed by atoms with van der Waals surface area (Å²) in [5.41, 5.74) is 1.72. The van der Waals surface area contributed by atoms with Crippen molar-refractivity contribution in [2.75, 3.05) is 10.6 Å². The molecular weight excluding hydrogens is 358 g/mol. The van der Waals surface area contributed by atoms with E-state index < -0.39 is 11.0 Å². The molecule has 0 unspecified atom stereocenters. The second-order valence-corrected chi connectivity index (χ2v) is 5.82. The van der Waals surface area contributed by atoms with Gasteiger partial charge in [0.05, 0.1) is 34.1 Å². The molecule has 2 amide bonds. The molecule has 8 nitrogen and oxygen atoms in total. The number of nitrogens with one attached hydrogen (secondary N) is 2. The fraction of sp³-hybridized carbons (Fsp3) is 0.0588. The zero-order valence-electron chi connectivity index (χ0n) is 13.4. The molecule has 0 saturated heterocycles. The minimum Gasteiger partial charge on any atom is -0.306 e. The van der Waals surface area contributed by atoms with E-state index in [1.54, 1.807) is 10.9 Å². The van der Waals surface area contributed by atoms with Gasteiger partial charge in [-0.2, -0.15) is 5.10 Å². The second kappa shape index (κ2) is 7.66. The molecule has 1 heterocycles. The van der Waals surface area contributed by atoms with Gasteiger partial charge in [0.1, 0.15) is 0 Å². The average Bonchev–Trinajstić information content (AvgIpc) is 3.04. The topological polar surface area (TPSA) is 102 Å². The van der Waals surface area contributed by atoms with Gasteiger partial charge in [-0.25, -0.2) is 4.79 Å². The number of rotatable bonds is 5. The molecule has 0 fully saturated rings. The van der Waals surface area contributed by atoms with Gasteiger partial charge < -0.3 is 10.6 Å². The summed E-state index contributed by atoms with van der Waals surface area (Å²) >= 11 is 5.95. The van der Waals surface area contributed by atoms with Crippen LogP contribution in [0.4, 0.5) is 21.9 Å². The van der Waals surface area contributed by atoms with E-state index in [-0.39, 0.29) is 16.4 Å². The number of urea groups is 1. The summed E-state index contributed by atoms with van der Waals surface area (Å²) < 4.78 is 1.70.